The predicted molar refractivity (Wildman–Crippen MR) is 57.7 cm³/mol. The predicted octanol–water partition coefficient (Wildman–Crippen LogP) is 1.57. The molecule has 15 heavy (non-hydrogen) atoms. The van der Waals surface area contributed by atoms with Gasteiger partial charge in [-0.2, -0.15) is 0 Å². The minimum atomic E-state index is -0.947. The third-order valence-corrected chi connectivity index (χ3v) is 2.75. The average molecular weight is 225 g/mol. The highest BCUT2D eigenvalue weighted by molar-refractivity contribution is 7.10. The zero-order valence-corrected chi connectivity index (χ0v) is 8.79. The fraction of sp³-hybridized carbons (Fsp3) is 0.200. The van der Waals surface area contributed by atoms with Crippen LogP contribution in [-0.4, -0.2) is 17.0 Å². The van der Waals surface area contributed by atoms with E-state index in [1.54, 1.807) is 6.07 Å². The van der Waals surface area contributed by atoms with E-state index in [1.165, 1.54) is 11.3 Å². The molecule has 0 aliphatic carbocycles. The zero-order chi connectivity index (χ0) is 11.3. The Kier molecular flexibility index (Phi) is 4.05. The van der Waals surface area contributed by atoms with Crippen molar-refractivity contribution in [2.45, 2.75) is 12.5 Å². The number of nitrogens with one attached hydrogen (secondary N) is 1. The van der Waals surface area contributed by atoms with Gasteiger partial charge in [0.1, 0.15) is 0 Å². The first-order valence-electron chi connectivity index (χ1n) is 4.31. The van der Waals surface area contributed by atoms with Gasteiger partial charge in [-0.3, -0.25) is 9.59 Å². The third kappa shape index (κ3) is 3.55. The molecule has 0 radical (unpaired) electrons. The minimum absolute atomic E-state index is 0.125. The highest BCUT2D eigenvalue weighted by atomic mass is 32.1. The van der Waals surface area contributed by atoms with Crippen LogP contribution in [0.3, 0.4) is 0 Å². The van der Waals surface area contributed by atoms with Crippen LogP contribution in [0.25, 0.3) is 0 Å². The summed E-state index contributed by atoms with van der Waals surface area (Å²) in [6.07, 6.45) is 1.00. The summed E-state index contributed by atoms with van der Waals surface area (Å²) in [6.45, 7) is 3.32. The number of carbonyl (C=O) groups is 2. The van der Waals surface area contributed by atoms with E-state index in [9.17, 15) is 9.59 Å². The van der Waals surface area contributed by atoms with Gasteiger partial charge in [0.15, 0.2) is 0 Å². The molecule has 4 nitrogen and oxygen atoms in total. The second kappa shape index (κ2) is 5.31. The first-order chi connectivity index (χ1) is 7.13. The molecular formula is C10H11NO3S. The lowest BCUT2D eigenvalue weighted by Gasteiger charge is -2.13. The van der Waals surface area contributed by atoms with Crippen molar-refractivity contribution >= 4 is 23.2 Å². The maximum absolute atomic E-state index is 11.1. The summed E-state index contributed by atoms with van der Waals surface area (Å²) in [6, 6.07) is 3.13. The Morgan fingerprint density at radius 2 is 2.40 bits per heavy atom. The van der Waals surface area contributed by atoms with E-state index in [4.69, 9.17) is 5.11 Å². The second-order valence-electron chi connectivity index (χ2n) is 2.88. The Labute approximate surface area is 91.2 Å². The minimum Gasteiger partial charge on any atom is -0.481 e. The van der Waals surface area contributed by atoms with E-state index < -0.39 is 12.0 Å². The topological polar surface area (TPSA) is 66.4 Å². The average Bonchev–Trinajstić information content (AvgIpc) is 2.68. The van der Waals surface area contributed by atoms with Crippen LogP contribution in [0.4, 0.5) is 0 Å². The lowest BCUT2D eigenvalue weighted by molar-refractivity contribution is -0.137. The quantitative estimate of drug-likeness (QED) is 0.747. The van der Waals surface area contributed by atoms with E-state index in [-0.39, 0.29) is 12.3 Å². The van der Waals surface area contributed by atoms with Crippen LogP contribution in [0.1, 0.15) is 17.3 Å². The SMILES string of the molecule is C=CC(=O)NC(CC(=O)O)c1cccs1. The van der Waals surface area contributed by atoms with Crippen LogP contribution in [0.5, 0.6) is 0 Å². The van der Waals surface area contributed by atoms with Crippen LogP contribution in [-0.2, 0) is 9.59 Å². The maximum Gasteiger partial charge on any atom is 0.305 e. The molecule has 0 aliphatic rings. The maximum atomic E-state index is 11.1. The van der Waals surface area contributed by atoms with Gasteiger partial charge in [0.2, 0.25) is 5.91 Å². The summed E-state index contributed by atoms with van der Waals surface area (Å²) in [5, 5.41) is 13.1. The number of hydrogen-bond donors (Lipinski definition) is 2. The lowest BCUT2D eigenvalue weighted by atomic mass is 10.1. The summed E-state index contributed by atoms with van der Waals surface area (Å²) in [5.41, 5.74) is 0. The number of hydrogen-bond acceptors (Lipinski definition) is 3. The van der Waals surface area contributed by atoms with Gasteiger partial charge < -0.3 is 10.4 Å². The summed E-state index contributed by atoms with van der Waals surface area (Å²) < 4.78 is 0. The zero-order valence-electron chi connectivity index (χ0n) is 7.97. The van der Waals surface area contributed by atoms with Crippen LogP contribution < -0.4 is 5.32 Å². The normalized spacial score (nSPS) is 11.7. The highest BCUT2D eigenvalue weighted by Crippen LogP contribution is 2.21. The molecule has 1 aromatic heterocycles. The van der Waals surface area contributed by atoms with Gasteiger partial charge in [-0.15, -0.1) is 11.3 Å². The van der Waals surface area contributed by atoms with E-state index in [2.05, 4.69) is 11.9 Å². The van der Waals surface area contributed by atoms with Crippen molar-refractivity contribution in [1.82, 2.24) is 5.32 Å². The van der Waals surface area contributed by atoms with E-state index >= 15 is 0 Å². The number of carboxylic acids is 1. The van der Waals surface area contributed by atoms with Crippen LogP contribution >= 0.6 is 11.3 Å². The molecule has 0 spiro atoms. The van der Waals surface area contributed by atoms with Gasteiger partial charge in [-0.25, -0.2) is 0 Å². The second-order valence-corrected chi connectivity index (χ2v) is 3.86. The molecule has 1 amide bonds. The number of amides is 1. The molecule has 1 aromatic rings. The molecule has 0 saturated carbocycles. The number of carboxylic acid groups (broad SMARTS) is 1. The van der Waals surface area contributed by atoms with Gasteiger partial charge in [0.25, 0.3) is 0 Å². The van der Waals surface area contributed by atoms with Crippen molar-refractivity contribution in [2.24, 2.45) is 0 Å². The summed E-state index contributed by atoms with van der Waals surface area (Å²) in [7, 11) is 0. The summed E-state index contributed by atoms with van der Waals surface area (Å²) in [4.78, 5) is 22.5. The molecule has 0 aliphatic heterocycles. The van der Waals surface area contributed by atoms with Crippen LogP contribution in [0.2, 0.25) is 0 Å². The molecule has 5 heteroatoms. The molecule has 1 heterocycles. The Balaban J connectivity index is 2.74. The standard InChI is InChI=1S/C10H11NO3S/c1-2-9(12)11-7(6-10(13)14)8-4-3-5-15-8/h2-5,7H,1,6H2,(H,11,12)(H,13,14). The first kappa shape index (κ1) is 11.5. The van der Waals surface area contributed by atoms with E-state index in [0.717, 1.165) is 11.0 Å². The van der Waals surface area contributed by atoms with Crippen molar-refractivity contribution in [2.75, 3.05) is 0 Å². The van der Waals surface area contributed by atoms with Crippen LogP contribution in [0, 0.1) is 0 Å². The molecule has 0 aromatic carbocycles. The third-order valence-electron chi connectivity index (χ3n) is 1.77. The molecular weight excluding hydrogens is 214 g/mol. The van der Waals surface area contributed by atoms with Gasteiger partial charge in [-0.05, 0) is 17.5 Å². The molecule has 0 saturated heterocycles. The summed E-state index contributed by atoms with van der Waals surface area (Å²) in [5.74, 6) is -1.31. The van der Waals surface area contributed by atoms with Crippen molar-refractivity contribution in [3.05, 3.63) is 35.0 Å². The smallest absolute Gasteiger partial charge is 0.305 e. The van der Waals surface area contributed by atoms with Gasteiger partial charge >= 0.3 is 5.97 Å². The number of aliphatic carboxylic acids is 1. The van der Waals surface area contributed by atoms with E-state index in [0.29, 0.717) is 0 Å². The molecule has 0 bridgehead atoms. The van der Waals surface area contributed by atoms with Gasteiger partial charge in [-0.1, -0.05) is 12.6 Å². The molecule has 1 unspecified atom stereocenters. The molecule has 1 rings (SSSR count). The molecule has 1 atom stereocenters. The lowest BCUT2D eigenvalue weighted by Crippen LogP contribution is -2.27. The Bertz CT molecular complexity index is 359. The Morgan fingerprint density at radius 3 is 2.87 bits per heavy atom. The largest absolute Gasteiger partial charge is 0.481 e. The summed E-state index contributed by atoms with van der Waals surface area (Å²) >= 11 is 1.41. The number of thiophene rings is 1. The Morgan fingerprint density at radius 1 is 1.67 bits per heavy atom. The van der Waals surface area contributed by atoms with Crippen molar-refractivity contribution in [1.29, 1.82) is 0 Å². The number of carbonyl (C=O) groups excluding carboxylic acids is 1. The van der Waals surface area contributed by atoms with Crippen molar-refractivity contribution < 1.29 is 14.7 Å². The van der Waals surface area contributed by atoms with E-state index in [1.807, 2.05) is 11.4 Å². The highest BCUT2D eigenvalue weighted by Gasteiger charge is 2.17. The fourth-order valence-electron chi connectivity index (χ4n) is 1.12. The van der Waals surface area contributed by atoms with Gasteiger partial charge in [0, 0.05) is 4.88 Å². The van der Waals surface area contributed by atoms with Crippen LogP contribution in [0.15, 0.2) is 30.2 Å². The van der Waals surface area contributed by atoms with Gasteiger partial charge in [0.05, 0.1) is 12.5 Å². The fourth-order valence-corrected chi connectivity index (χ4v) is 1.90. The monoisotopic (exact) mass is 225 g/mol. The number of rotatable bonds is 5. The first-order valence-corrected chi connectivity index (χ1v) is 5.19. The Hall–Kier alpha value is -1.62. The molecule has 2 N–H and O–H groups in total. The molecule has 0 fully saturated rings. The molecule has 80 valence electrons. The van der Waals surface area contributed by atoms with Crippen molar-refractivity contribution in [3.8, 4) is 0 Å². The van der Waals surface area contributed by atoms with Crippen molar-refractivity contribution in [3.63, 3.8) is 0 Å².